The first kappa shape index (κ1) is 16.9. The van der Waals surface area contributed by atoms with Gasteiger partial charge >= 0.3 is 0 Å². The third kappa shape index (κ3) is 4.12. The van der Waals surface area contributed by atoms with E-state index in [1.807, 2.05) is 55.5 Å². The maximum absolute atomic E-state index is 12.3. The van der Waals surface area contributed by atoms with Gasteiger partial charge in [0.1, 0.15) is 5.75 Å². The van der Waals surface area contributed by atoms with Gasteiger partial charge < -0.3 is 9.64 Å². The van der Waals surface area contributed by atoms with Crippen molar-refractivity contribution in [1.82, 2.24) is 4.90 Å². The second kappa shape index (κ2) is 7.30. The summed E-state index contributed by atoms with van der Waals surface area (Å²) in [5, 5.41) is 0. The Morgan fingerprint density at radius 2 is 2.00 bits per heavy atom. The van der Waals surface area contributed by atoms with E-state index in [4.69, 9.17) is 4.74 Å². The molecular formula is C20H20N2O3. The van der Waals surface area contributed by atoms with Crippen LogP contribution in [0.2, 0.25) is 0 Å². The standard InChI is InChI=1S/C20H20N2O3/c1-14-7-9-16(10-8-14)25-13-20(24)22(2)12-15-11-19(23)21-18-6-4-3-5-17(15)18/h3-11,17H,12-13H2,1-2H3. The van der Waals surface area contributed by atoms with Crippen molar-refractivity contribution in [2.24, 2.45) is 10.9 Å². The normalized spacial score (nSPS) is 18.3. The van der Waals surface area contributed by atoms with E-state index < -0.39 is 0 Å². The number of fused-ring (bicyclic) bond motifs is 1. The Morgan fingerprint density at radius 1 is 1.24 bits per heavy atom. The van der Waals surface area contributed by atoms with Gasteiger partial charge in [-0.3, -0.25) is 9.59 Å². The van der Waals surface area contributed by atoms with Crippen LogP contribution in [-0.4, -0.2) is 42.6 Å². The molecule has 5 heteroatoms. The van der Waals surface area contributed by atoms with E-state index in [9.17, 15) is 9.59 Å². The number of carbonyl (C=O) groups is 2. The van der Waals surface area contributed by atoms with Crippen molar-refractivity contribution in [2.75, 3.05) is 20.2 Å². The molecule has 25 heavy (non-hydrogen) atoms. The maximum atomic E-state index is 12.3. The number of amides is 2. The number of likely N-dealkylation sites (N-methyl/N-ethyl adjacent to an activating group) is 1. The smallest absolute Gasteiger partial charge is 0.270 e. The summed E-state index contributed by atoms with van der Waals surface area (Å²) in [6.07, 6.45) is 9.11. The first-order valence-electron chi connectivity index (χ1n) is 8.14. The molecule has 0 bridgehead atoms. The molecule has 1 aromatic carbocycles. The van der Waals surface area contributed by atoms with E-state index in [-0.39, 0.29) is 24.3 Å². The second-order valence-corrected chi connectivity index (χ2v) is 6.17. The lowest BCUT2D eigenvalue weighted by atomic mass is 9.88. The van der Waals surface area contributed by atoms with Crippen LogP contribution in [0.5, 0.6) is 5.75 Å². The van der Waals surface area contributed by atoms with Crippen LogP contribution in [-0.2, 0) is 9.59 Å². The fraction of sp³-hybridized carbons (Fsp3) is 0.250. The summed E-state index contributed by atoms with van der Waals surface area (Å²) in [7, 11) is 1.71. The molecule has 1 unspecified atom stereocenters. The van der Waals surface area contributed by atoms with Gasteiger partial charge in [-0.2, -0.15) is 0 Å². The zero-order valence-corrected chi connectivity index (χ0v) is 14.3. The van der Waals surface area contributed by atoms with Gasteiger partial charge in [-0.1, -0.05) is 35.9 Å². The van der Waals surface area contributed by atoms with Crippen molar-refractivity contribution < 1.29 is 14.3 Å². The first-order valence-corrected chi connectivity index (χ1v) is 8.14. The molecule has 0 fully saturated rings. The maximum Gasteiger partial charge on any atom is 0.270 e. The summed E-state index contributed by atoms with van der Waals surface area (Å²) in [6.45, 7) is 2.32. The van der Waals surface area contributed by atoms with Crippen molar-refractivity contribution in [3.8, 4) is 5.75 Å². The molecule has 1 heterocycles. The van der Waals surface area contributed by atoms with Gasteiger partial charge in [-0.15, -0.1) is 0 Å². The summed E-state index contributed by atoms with van der Waals surface area (Å²) in [6, 6.07) is 7.55. The Balaban J connectivity index is 1.59. The number of aryl methyl sites for hydroxylation is 1. The van der Waals surface area contributed by atoms with Crippen molar-refractivity contribution in [2.45, 2.75) is 6.92 Å². The van der Waals surface area contributed by atoms with Crippen molar-refractivity contribution in [1.29, 1.82) is 0 Å². The molecule has 0 aromatic heterocycles. The average Bonchev–Trinajstić information content (AvgIpc) is 2.60. The fourth-order valence-corrected chi connectivity index (χ4v) is 2.76. The third-order valence-electron chi connectivity index (χ3n) is 4.18. The molecule has 0 radical (unpaired) electrons. The molecular weight excluding hydrogens is 316 g/mol. The molecule has 5 nitrogen and oxygen atoms in total. The van der Waals surface area contributed by atoms with Gasteiger partial charge in [-0.25, -0.2) is 4.99 Å². The minimum atomic E-state index is -0.280. The number of allylic oxidation sites excluding steroid dienone is 4. The lowest BCUT2D eigenvalue weighted by molar-refractivity contribution is -0.131. The lowest BCUT2D eigenvalue weighted by Crippen LogP contribution is -2.36. The Bertz CT molecular complexity index is 801. The number of ether oxygens (including phenoxy) is 1. The number of benzene rings is 1. The molecule has 1 aromatic rings. The highest BCUT2D eigenvalue weighted by Crippen LogP contribution is 2.24. The SMILES string of the molecule is Cc1ccc(OCC(=O)N(C)CC2=CC(=O)N=C3C=CC=CC23)cc1. The minimum Gasteiger partial charge on any atom is -0.484 e. The van der Waals surface area contributed by atoms with Gasteiger partial charge in [0.05, 0.1) is 5.71 Å². The molecule has 1 aliphatic heterocycles. The van der Waals surface area contributed by atoms with Crippen molar-refractivity contribution >= 4 is 17.5 Å². The number of carbonyl (C=O) groups excluding carboxylic acids is 2. The summed E-state index contributed by atoms with van der Waals surface area (Å²) in [4.78, 5) is 29.7. The predicted molar refractivity (Wildman–Crippen MR) is 96.6 cm³/mol. The van der Waals surface area contributed by atoms with Crippen LogP contribution in [0.1, 0.15) is 5.56 Å². The molecule has 0 spiro atoms. The van der Waals surface area contributed by atoms with Crippen LogP contribution in [0.25, 0.3) is 0 Å². The topological polar surface area (TPSA) is 59.0 Å². The average molecular weight is 336 g/mol. The number of dihydropyridines is 1. The Labute approximate surface area is 147 Å². The predicted octanol–water partition coefficient (Wildman–Crippen LogP) is 2.48. The number of rotatable bonds is 5. The number of aliphatic imine (C=N–C) groups is 1. The van der Waals surface area contributed by atoms with Crippen LogP contribution in [0.15, 0.2) is 65.2 Å². The molecule has 0 saturated carbocycles. The molecule has 1 atom stereocenters. The Hall–Kier alpha value is -2.95. The van der Waals surface area contributed by atoms with Crippen LogP contribution in [0.3, 0.4) is 0 Å². The first-order chi connectivity index (χ1) is 12.0. The highest BCUT2D eigenvalue weighted by atomic mass is 16.5. The quantitative estimate of drug-likeness (QED) is 0.830. The Kier molecular flexibility index (Phi) is 4.93. The number of nitrogens with zero attached hydrogens (tertiary/aromatic N) is 2. The van der Waals surface area contributed by atoms with Crippen LogP contribution in [0.4, 0.5) is 0 Å². The summed E-state index contributed by atoms with van der Waals surface area (Å²) in [5.41, 5.74) is 2.72. The zero-order chi connectivity index (χ0) is 17.8. The molecule has 2 amide bonds. The van der Waals surface area contributed by atoms with Gasteiger partial charge in [0, 0.05) is 25.6 Å². The monoisotopic (exact) mass is 336 g/mol. The Morgan fingerprint density at radius 3 is 2.76 bits per heavy atom. The highest BCUT2D eigenvalue weighted by Gasteiger charge is 2.25. The minimum absolute atomic E-state index is 0.0395. The summed E-state index contributed by atoms with van der Waals surface area (Å²) < 4.78 is 5.53. The number of hydrogen-bond acceptors (Lipinski definition) is 3. The van der Waals surface area contributed by atoms with Gasteiger partial charge in [0.15, 0.2) is 6.61 Å². The van der Waals surface area contributed by atoms with E-state index in [1.54, 1.807) is 11.9 Å². The summed E-state index contributed by atoms with van der Waals surface area (Å²) in [5.74, 6) is 0.191. The second-order valence-electron chi connectivity index (χ2n) is 6.17. The van der Waals surface area contributed by atoms with E-state index in [2.05, 4.69) is 4.99 Å². The largest absolute Gasteiger partial charge is 0.484 e. The van der Waals surface area contributed by atoms with Gasteiger partial charge in [0.2, 0.25) is 0 Å². The van der Waals surface area contributed by atoms with E-state index in [0.29, 0.717) is 12.3 Å². The highest BCUT2D eigenvalue weighted by molar-refractivity contribution is 6.12. The molecule has 0 saturated heterocycles. The van der Waals surface area contributed by atoms with E-state index in [1.165, 1.54) is 6.08 Å². The van der Waals surface area contributed by atoms with E-state index in [0.717, 1.165) is 16.8 Å². The lowest BCUT2D eigenvalue weighted by Gasteiger charge is -2.26. The number of hydrogen-bond donors (Lipinski definition) is 0. The third-order valence-corrected chi connectivity index (χ3v) is 4.18. The van der Waals surface area contributed by atoms with Crippen molar-refractivity contribution in [3.63, 3.8) is 0 Å². The van der Waals surface area contributed by atoms with Crippen LogP contribution in [0, 0.1) is 12.8 Å². The molecule has 3 rings (SSSR count). The summed E-state index contributed by atoms with van der Waals surface area (Å²) >= 11 is 0. The molecule has 0 N–H and O–H groups in total. The molecule has 128 valence electrons. The molecule has 1 aliphatic carbocycles. The van der Waals surface area contributed by atoms with Crippen molar-refractivity contribution in [3.05, 3.63) is 65.8 Å². The van der Waals surface area contributed by atoms with E-state index >= 15 is 0 Å². The van der Waals surface area contributed by atoms with Gasteiger partial charge in [0.25, 0.3) is 11.8 Å². The fourth-order valence-electron chi connectivity index (χ4n) is 2.76. The van der Waals surface area contributed by atoms with Gasteiger partial charge in [-0.05, 0) is 30.7 Å². The molecule has 2 aliphatic rings. The van der Waals surface area contributed by atoms with Crippen LogP contribution < -0.4 is 4.74 Å². The van der Waals surface area contributed by atoms with Crippen LogP contribution >= 0.6 is 0 Å². The zero-order valence-electron chi connectivity index (χ0n) is 14.3.